The minimum Gasteiger partial charge on any atom is -0.438 e. The third-order valence-corrected chi connectivity index (χ3v) is 7.04. The molecule has 0 aliphatic rings. The Morgan fingerprint density at radius 1 is 0.967 bits per heavy atom. The van der Waals surface area contributed by atoms with Gasteiger partial charge >= 0.3 is 0 Å². The van der Waals surface area contributed by atoms with Crippen LogP contribution in [0.25, 0.3) is 5.82 Å². The molecule has 3 aromatic heterocycles. The van der Waals surface area contributed by atoms with Crippen LogP contribution in [0.5, 0.6) is 11.6 Å². The van der Waals surface area contributed by atoms with Crippen molar-refractivity contribution in [2.75, 3.05) is 4.72 Å². The number of hydrogen-bond acceptors (Lipinski definition) is 7. The Morgan fingerprint density at radius 3 is 2.30 bits per heavy atom. The lowest BCUT2D eigenvalue weighted by Crippen LogP contribution is -2.11. The molecule has 0 amide bonds. The second kappa shape index (κ2) is 7.88. The lowest BCUT2D eigenvalue weighted by Gasteiger charge is -2.08. The molecule has 8 nitrogen and oxygen atoms in total. The monoisotopic (exact) mass is 441 g/mol. The average Bonchev–Trinajstić information content (AvgIpc) is 3.29. The van der Waals surface area contributed by atoms with E-state index in [-0.39, 0.29) is 4.21 Å². The molecule has 0 spiro atoms. The molecule has 0 radical (unpaired) electrons. The summed E-state index contributed by atoms with van der Waals surface area (Å²) in [6.07, 6.45) is 0. The van der Waals surface area contributed by atoms with Crippen LogP contribution in [-0.2, 0) is 10.0 Å². The van der Waals surface area contributed by atoms with Gasteiger partial charge in [-0.05, 0) is 69.3 Å². The molecule has 30 heavy (non-hydrogen) atoms. The largest absolute Gasteiger partial charge is 0.438 e. The Kier molecular flexibility index (Phi) is 5.27. The highest BCUT2D eigenvalue weighted by molar-refractivity contribution is 7.94. The third-order valence-electron chi connectivity index (χ3n) is 4.16. The summed E-state index contributed by atoms with van der Waals surface area (Å²) in [6.45, 7) is 5.73. The van der Waals surface area contributed by atoms with E-state index in [9.17, 15) is 8.42 Å². The zero-order valence-corrected chi connectivity index (χ0v) is 18.2. The number of rotatable bonds is 6. The van der Waals surface area contributed by atoms with Crippen LogP contribution in [-0.4, -0.2) is 28.4 Å². The van der Waals surface area contributed by atoms with Crippen molar-refractivity contribution in [1.29, 1.82) is 0 Å². The molecular formula is C20H19N5O3S2. The normalized spacial score (nSPS) is 11.4. The molecular weight excluding hydrogens is 422 g/mol. The van der Waals surface area contributed by atoms with Crippen LogP contribution in [0.3, 0.4) is 0 Å². The summed E-state index contributed by atoms with van der Waals surface area (Å²) in [7, 11) is -3.60. The van der Waals surface area contributed by atoms with Gasteiger partial charge in [0, 0.05) is 22.3 Å². The lowest BCUT2D eigenvalue weighted by atomic mass is 10.3. The summed E-state index contributed by atoms with van der Waals surface area (Å²) in [5.74, 6) is 1.43. The quantitative estimate of drug-likeness (QED) is 0.480. The van der Waals surface area contributed by atoms with Crippen LogP contribution in [0.2, 0.25) is 0 Å². The van der Waals surface area contributed by atoms with Crippen molar-refractivity contribution in [2.24, 2.45) is 0 Å². The van der Waals surface area contributed by atoms with Gasteiger partial charge in [-0.2, -0.15) is 5.10 Å². The standard InChI is InChI=1S/C20H19N5O3S2/c1-13-12-14(2)25(23-13)18-9-10-19(22-21-18)28-17-7-5-16(6-8-17)24-30(26,27)20-11-4-15(3)29-20/h4-12,24H,1-3H3. The predicted molar refractivity (Wildman–Crippen MR) is 115 cm³/mol. The van der Waals surface area contributed by atoms with E-state index in [0.717, 1.165) is 16.3 Å². The summed E-state index contributed by atoms with van der Waals surface area (Å²) >= 11 is 1.22. The van der Waals surface area contributed by atoms with Crippen molar-refractivity contribution < 1.29 is 13.2 Å². The van der Waals surface area contributed by atoms with E-state index in [2.05, 4.69) is 20.0 Å². The number of anilines is 1. The van der Waals surface area contributed by atoms with Gasteiger partial charge in [0.15, 0.2) is 5.82 Å². The maximum absolute atomic E-state index is 12.4. The highest BCUT2D eigenvalue weighted by atomic mass is 32.2. The van der Waals surface area contributed by atoms with Gasteiger partial charge in [-0.1, -0.05) is 0 Å². The van der Waals surface area contributed by atoms with Crippen molar-refractivity contribution in [3.8, 4) is 17.4 Å². The van der Waals surface area contributed by atoms with Crippen molar-refractivity contribution in [3.63, 3.8) is 0 Å². The fourth-order valence-corrected chi connectivity index (χ4v) is 5.16. The van der Waals surface area contributed by atoms with E-state index in [1.807, 2.05) is 26.8 Å². The predicted octanol–water partition coefficient (Wildman–Crippen LogP) is 4.24. The summed E-state index contributed by atoms with van der Waals surface area (Å²) in [4.78, 5) is 0.934. The van der Waals surface area contributed by atoms with Crippen LogP contribution < -0.4 is 9.46 Å². The molecule has 0 fully saturated rings. The highest BCUT2D eigenvalue weighted by Gasteiger charge is 2.16. The van der Waals surface area contributed by atoms with Gasteiger partial charge in [0.05, 0.1) is 5.69 Å². The first-order chi connectivity index (χ1) is 14.3. The minimum absolute atomic E-state index is 0.276. The fraction of sp³-hybridized carbons (Fsp3) is 0.150. The molecule has 0 bridgehead atoms. The molecule has 4 rings (SSSR count). The van der Waals surface area contributed by atoms with Gasteiger partial charge < -0.3 is 4.74 Å². The molecule has 3 heterocycles. The van der Waals surface area contributed by atoms with Gasteiger partial charge in [-0.15, -0.1) is 21.5 Å². The second-order valence-electron chi connectivity index (χ2n) is 6.67. The third kappa shape index (κ3) is 4.34. The van der Waals surface area contributed by atoms with Gasteiger partial charge in [0.25, 0.3) is 10.0 Å². The Bertz CT molecular complexity index is 1280. The molecule has 0 atom stereocenters. The first-order valence-corrected chi connectivity index (χ1v) is 11.3. The number of nitrogens with one attached hydrogen (secondary N) is 1. The fourth-order valence-electron chi connectivity index (χ4n) is 2.81. The molecule has 0 aliphatic heterocycles. The number of thiophene rings is 1. The number of aromatic nitrogens is 4. The van der Waals surface area contributed by atoms with Crippen LogP contribution in [0.15, 0.2) is 58.8 Å². The molecule has 10 heteroatoms. The smallest absolute Gasteiger partial charge is 0.271 e. The number of sulfonamides is 1. The van der Waals surface area contributed by atoms with E-state index >= 15 is 0 Å². The van der Waals surface area contributed by atoms with E-state index in [4.69, 9.17) is 4.74 Å². The zero-order valence-electron chi connectivity index (χ0n) is 16.5. The summed E-state index contributed by atoms with van der Waals surface area (Å²) in [6, 6.07) is 15.4. The Balaban J connectivity index is 1.44. The Morgan fingerprint density at radius 2 is 1.73 bits per heavy atom. The van der Waals surface area contributed by atoms with E-state index in [0.29, 0.717) is 23.1 Å². The topological polar surface area (TPSA) is 99.0 Å². The average molecular weight is 442 g/mol. The van der Waals surface area contributed by atoms with Crippen LogP contribution >= 0.6 is 11.3 Å². The van der Waals surface area contributed by atoms with E-state index < -0.39 is 10.0 Å². The molecule has 1 aromatic carbocycles. The number of aryl methyl sites for hydroxylation is 3. The Hall–Kier alpha value is -3.24. The van der Waals surface area contributed by atoms with E-state index in [1.165, 1.54) is 11.3 Å². The van der Waals surface area contributed by atoms with Crippen molar-refractivity contribution in [2.45, 2.75) is 25.0 Å². The number of benzene rings is 1. The number of ether oxygens (including phenoxy) is 1. The molecule has 4 aromatic rings. The van der Waals surface area contributed by atoms with Crippen LogP contribution in [0.4, 0.5) is 5.69 Å². The van der Waals surface area contributed by atoms with Gasteiger partial charge in [0.2, 0.25) is 5.88 Å². The Labute approximate surface area is 178 Å². The summed E-state index contributed by atoms with van der Waals surface area (Å²) in [5.41, 5.74) is 2.31. The molecule has 1 N–H and O–H groups in total. The van der Waals surface area contributed by atoms with Crippen LogP contribution in [0, 0.1) is 20.8 Å². The number of hydrogen-bond donors (Lipinski definition) is 1. The second-order valence-corrected chi connectivity index (χ2v) is 9.86. The van der Waals surface area contributed by atoms with E-state index in [1.54, 1.807) is 53.2 Å². The molecule has 0 aliphatic carbocycles. The van der Waals surface area contributed by atoms with Crippen molar-refractivity contribution in [3.05, 3.63) is 70.9 Å². The van der Waals surface area contributed by atoms with Crippen LogP contribution in [0.1, 0.15) is 16.3 Å². The van der Waals surface area contributed by atoms with Gasteiger partial charge in [-0.25, -0.2) is 13.1 Å². The van der Waals surface area contributed by atoms with Gasteiger partial charge in [-0.3, -0.25) is 4.72 Å². The van der Waals surface area contributed by atoms with Gasteiger partial charge in [0.1, 0.15) is 9.96 Å². The van der Waals surface area contributed by atoms with Crippen molar-refractivity contribution in [1.82, 2.24) is 20.0 Å². The minimum atomic E-state index is -3.60. The molecule has 0 saturated heterocycles. The number of nitrogens with zero attached hydrogens (tertiary/aromatic N) is 4. The molecule has 154 valence electrons. The molecule has 0 saturated carbocycles. The summed E-state index contributed by atoms with van der Waals surface area (Å²) in [5, 5.41) is 12.6. The molecule has 0 unspecified atom stereocenters. The zero-order chi connectivity index (χ0) is 21.3. The lowest BCUT2D eigenvalue weighted by molar-refractivity contribution is 0.454. The SMILES string of the molecule is Cc1cc(C)n(-c2ccc(Oc3ccc(NS(=O)(=O)c4ccc(C)s4)cc3)nn2)n1. The first-order valence-electron chi connectivity index (χ1n) is 9.05. The van der Waals surface area contributed by atoms with Crippen molar-refractivity contribution >= 4 is 27.0 Å². The maximum atomic E-state index is 12.4. The maximum Gasteiger partial charge on any atom is 0.271 e. The highest BCUT2D eigenvalue weighted by Crippen LogP contribution is 2.26. The summed E-state index contributed by atoms with van der Waals surface area (Å²) < 4.78 is 35.1. The first kappa shape index (κ1) is 20.0.